The van der Waals surface area contributed by atoms with E-state index in [9.17, 15) is 18.0 Å². The molecule has 0 fully saturated rings. The molecule has 0 radical (unpaired) electrons. The summed E-state index contributed by atoms with van der Waals surface area (Å²) >= 11 is 0. The molecule has 0 saturated carbocycles. The molecule has 1 atom stereocenters. The standard InChI is InChI=1S/C15H16F3N3O2/c1-8(14-9(2)21-23-10(14)3)6-13(22)20-12-7-11(4-5-19-12)15(16,17)18/h4-5,7-8H,6H2,1-3H3,(H,19,20,22)/t8-/m1/s1. The molecule has 0 aliphatic carbocycles. The highest BCUT2D eigenvalue weighted by Crippen LogP contribution is 2.30. The van der Waals surface area contributed by atoms with Crippen LogP contribution in [0.3, 0.4) is 0 Å². The van der Waals surface area contributed by atoms with Crippen molar-refractivity contribution in [3.8, 4) is 0 Å². The largest absolute Gasteiger partial charge is 0.416 e. The molecule has 0 spiro atoms. The van der Waals surface area contributed by atoms with E-state index in [4.69, 9.17) is 4.52 Å². The first-order valence-corrected chi connectivity index (χ1v) is 6.94. The van der Waals surface area contributed by atoms with Crippen LogP contribution in [0.15, 0.2) is 22.9 Å². The van der Waals surface area contributed by atoms with Crippen LogP contribution in [-0.4, -0.2) is 16.0 Å². The van der Waals surface area contributed by atoms with Gasteiger partial charge in [-0.2, -0.15) is 13.2 Å². The van der Waals surface area contributed by atoms with Crippen molar-refractivity contribution in [3.05, 3.63) is 40.9 Å². The number of halogens is 3. The van der Waals surface area contributed by atoms with Crippen LogP contribution in [0.2, 0.25) is 0 Å². The predicted octanol–water partition coefficient (Wildman–Crippen LogP) is 3.84. The molecule has 5 nitrogen and oxygen atoms in total. The Hall–Kier alpha value is -2.38. The quantitative estimate of drug-likeness (QED) is 0.926. The average molecular weight is 327 g/mol. The van der Waals surface area contributed by atoms with Gasteiger partial charge in [0.05, 0.1) is 11.3 Å². The molecule has 0 aliphatic heterocycles. The van der Waals surface area contributed by atoms with Gasteiger partial charge in [0, 0.05) is 18.2 Å². The first-order valence-electron chi connectivity index (χ1n) is 6.94. The number of alkyl halides is 3. The third kappa shape index (κ3) is 4.08. The fourth-order valence-corrected chi connectivity index (χ4v) is 2.44. The molecule has 0 aliphatic rings. The number of amides is 1. The van der Waals surface area contributed by atoms with Crippen molar-refractivity contribution in [3.63, 3.8) is 0 Å². The summed E-state index contributed by atoms with van der Waals surface area (Å²) in [5, 5.41) is 6.21. The van der Waals surface area contributed by atoms with Gasteiger partial charge in [0.1, 0.15) is 11.6 Å². The molecule has 2 rings (SSSR count). The SMILES string of the molecule is Cc1noc(C)c1[C@H](C)CC(=O)Nc1cc(C(F)(F)F)ccn1. The summed E-state index contributed by atoms with van der Waals surface area (Å²) in [5.41, 5.74) is 0.665. The van der Waals surface area contributed by atoms with Gasteiger partial charge in [-0.15, -0.1) is 0 Å². The summed E-state index contributed by atoms with van der Waals surface area (Å²) in [6.45, 7) is 5.35. The summed E-state index contributed by atoms with van der Waals surface area (Å²) < 4.78 is 42.9. The Morgan fingerprint density at radius 1 is 1.39 bits per heavy atom. The van der Waals surface area contributed by atoms with Crippen LogP contribution >= 0.6 is 0 Å². The van der Waals surface area contributed by atoms with E-state index in [1.165, 1.54) is 0 Å². The number of carbonyl (C=O) groups excluding carboxylic acids is 1. The van der Waals surface area contributed by atoms with E-state index in [-0.39, 0.29) is 18.2 Å². The molecule has 124 valence electrons. The molecule has 0 bridgehead atoms. The van der Waals surface area contributed by atoms with E-state index in [0.29, 0.717) is 11.5 Å². The predicted molar refractivity (Wildman–Crippen MR) is 76.9 cm³/mol. The van der Waals surface area contributed by atoms with Crippen LogP contribution in [0.1, 0.15) is 41.8 Å². The zero-order chi connectivity index (χ0) is 17.2. The van der Waals surface area contributed by atoms with Gasteiger partial charge in [-0.05, 0) is 31.9 Å². The van der Waals surface area contributed by atoms with E-state index in [0.717, 1.165) is 23.9 Å². The maximum Gasteiger partial charge on any atom is 0.416 e. The minimum atomic E-state index is -4.48. The van der Waals surface area contributed by atoms with E-state index >= 15 is 0 Å². The number of nitrogens with zero attached hydrogens (tertiary/aromatic N) is 2. The maximum atomic E-state index is 12.6. The van der Waals surface area contributed by atoms with Crippen molar-refractivity contribution in [1.29, 1.82) is 0 Å². The summed E-state index contributed by atoms with van der Waals surface area (Å²) in [4.78, 5) is 15.8. The highest BCUT2D eigenvalue weighted by Gasteiger charge is 2.31. The molecule has 2 aromatic rings. The Morgan fingerprint density at radius 2 is 2.09 bits per heavy atom. The van der Waals surface area contributed by atoms with E-state index in [1.807, 2.05) is 6.92 Å². The first kappa shape index (κ1) is 17.0. The molecule has 0 unspecified atom stereocenters. The molecule has 2 aromatic heterocycles. The average Bonchev–Trinajstić information content (AvgIpc) is 2.77. The number of anilines is 1. The van der Waals surface area contributed by atoms with Gasteiger partial charge in [-0.3, -0.25) is 4.79 Å². The van der Waals surface area contributed by atoms with Gasteiger partial charge in [0.15, 0.2) is 0 Å². The van der Waals surface area contributed by atoms with Crippen LogP contribution in [0.4, 0.5) is 19.0 Å². The summed E-state index contributed by atoms with van der Waals surface area (Å²) in [7, 11) is 0. The lowest BCUT2D eigenvalue weighted by atomic mass is 9.96. The second-order valence-corrected chi connectivity index (χ2v) is 5.32. The van der Waals surface area contributed by atoms with Crippen LogP contribution in [0.25, 0.3) is 0 Å². The molecular weight excluding hydrogens is 311 g/mol. The highest BCUT2D eigenvalue weighted by atomic mass is 19.4. The molecular formula is C15H16F3N3O2. The number of hydrogen-bond acceptors (Lipinski definition) is 4. The van der Waals surface area contributed by atoms with Crippen LogP contribution in [-0.2, 0) is 11.0 Å². The second kappa shape index (κ2) is 6.39. The van der Waals surface area contributed by atoms with Crippen LogP contribution in [0, 0.1) is 13.8 Å². The van der Waals surface area contributed by atoms with Crippen molar-refractivity contribution < 1.29 is 22.5 Å². The Bertz CT molecular complexity index is 691. The highest BCUT2D eigenvalue weighted by molar-refractivity contribution is 5.90. The van der Waals surface area contributed by atoms with Crippen LogP contribution < -0.4 is 5.32 Å². The minimum absolute atomic E-state index is 0.0841. The summed E-state index contributed by atoms with van der Waals surface area (Å²) in [6, 6.07) is 1.65. The summed E-state index contributed by atoms with van der Waals surface area (Å²) in [6.07, 6.45) is -3.39. The number of rotatable bonds is 4. The molecule has 0 saturated heterocycles. The van der Waals surface area contributed by atoms with Gasteiger partial charge in [0.2, 0.25) is 5.91 Å². The van der Waals surface area contributed by atoms with Crippen molar-refractivity contribution in [2.45, 2.75) is 39.3 Å². The molecule has 2 heterocycles. The van der Waals surface area contributed by atoms with E-state index < -0.39 is 17.6 Å². The number of hydrogen-bond donors (Lipinski definition) is 1. The van der Waals surface area contributed by atoms with Crippen molar-refractivity contribution in [2.24, 2.45) is 0 Å². The van der Waals surface area contributed by atoms with E-state index in [2.05, 4.69) is 15.5 Å². The van der Waals surface area contributed by atoms with Crippen molar-refractivity contribution >= 4 is 11.7 Å². The van der Waals surface area contributed by atoms with Crippen LogP contribution in [0.5, 0.6) is 0 Å². The topological polar surface area (TPSA) is 68.0 Å². The Labute approximate surface area is 130 Å². The van der Waals surface area contributed by atoms with Gasteiger partial charge in [-0.25, -0.2) is 4.98 Å². The Morgan fingerprint density at radius 3 is 2.65 bits per heavy atom. The smallest absolute Gasteiger partial charge is 0.361 e. The second-order valence-electron chi connectivity index (χ2n) is 5.32. The fourth-order valence-electron chi connectivity index (χ4n) is 2.44. The number of carbonyl (C=O) groups is 1. The number of aryl methyl sites for hydroxylation is 2. The van der Waals surface area contributed by atoms with Crippen molar-refractivity contribution in [2.75, 3.05) is 5.32 Å². The molecule has 0 aromatic carbocycles. The zero-order valence-electron chi connectivity index (χ0n) is 12.9. The summed E-state index contributed by atoms with van der Waals surface area (Å²) in [5.74, 6) is -0.104. The molecule has 1 N–H and O–H groups in total. The number of pyridine rings is 1. The third-order valence-corrected chi connectivity index (χ3v) is 3.43. The molecule has 1 amide bonds. The normalized spacial score (nSPS) is 13.0. The van der Waals surface area contributed by atoms with Gasteiger partial charge in [0.25, 0.3) is 0 Å². The number of aromatic nitrogens is 2. The minimum Gasteiger partial charge on any atom is -0.361 e. The lowest BCUT2D eigenvalue weighted by molar-refractivity contribution is -0.137. The van der Waals surface area contributed by atoms with Gasteiger partial charge < -0.3 is 9.84 Å². The first-order chi connectivity index (χ1) is 10.7. The molecule has 23 heavy (non-hydrogen) atoms. The van der Waals surface area contributed by atoms with Gasteiger partial charge in [-0.1, -0.05) is 12.1 Å². The Kier molecular flexibility index (Phi) is 4.72. The lowest BCUT2D eigenvalue weighted by Gasteiger charge is -2.12. The lowest BCUT2D eigenvalue weighted by Crippen LogP contribution is -2.16. The third-order valence-electron chi connectivity index (χ3n) is 3.43. The molecule has 8 heteroatoms. The zero-order valence-corrected chi connectivity index (χ0v) is 12.9. The van der Waals surface area contributed by atoms with Gasteiger partial charge >= 0.3 is 6.18 Å². The van der Waals surface area contributed by atoms with Crippen molar-refractivity contribution in [1.82, 2.24) is 10.1 Å². The van der Waals surface area contributed by atoms with E-state index in [1.54, 1.807) is 13.8 Å². The fraction of sp³-hybridized carbons (Fsp3) is 0.400. The number of nitrogens with one attached hydrogen (secondary N) is 1. The Balaban J connectivity index is 2.05. The maximum absolute atomic E-state index is 12.6. The monoisotopic (exact) mass is 327 g/mol.